The summed E-state index contributed by atoms with van der Waals surface area (Å²) in [5, 5.41) is 0. The molecule has 2 rings (SSSR count). The van der Waals surface area contributed by atoms with Crippen molar-refractivity contribution >= 4 is 10.0 Å². The van der Waals surface area contributed by atoms with Crippen LogP contribution < -0.4 is 10.5 Å². The molecule has 2 unspecified atom stereocenters. The molecule has 2 atom stereocenters. The van der Waals surface area contributed by atoms with Crippen LogP contribution in [0.1, 0.15) is 32.9 Å². The van der Waals surface area contributed by atoms with Gasteiger partial charge in [-0.1, -0.05) is 13.8 Å². The number of hydrogen-bond acceptors (Lipinski definition) is 5. The van der Waals surface area contributed by atoms with Crippen molar-refractivity contribution in [2.24, 2.45) is 11.1 Å². The van der Waals surface area contributed by atoms with Gasteiger partial charge in [-0.3, -0.25) is 4.98 Å². The number of hydrogen-bond donors (Lipinski definition) is 2. The highest BCUT2D eigenvalue weighted by molar-refractivity contribution is 7.89. The second kappa shape index (κ2) is 6.00. The van der Waals surface area contributed by atoms with Crippen molar-refractivity contribution < 1.29 is 13.2 Å². The van der Waals surface area contributed by atoms with Crippen LogP contribution in [0, 0.1) is 5.41 Å². The summed E-state index contributed by atoms with van der Waals surface area (Å²) in [4.78, 5) is 4.18. The zero-order valence-electron chi connectivity index (χ0n) is 12.7. The van der Waals surface area contributed by atoms with Gasteiger partial charge in [0, 0.05) is 30.8 Å². The summed E-state index contributed by atoms with van der Waals surface area (Å²) in [6, 6.07) is 2.98. The summed E-state index contributed by atoms with van der Waals surface area (Å²) in [6.07, 6.45) is 2.30. The number of nitrogens with one attached hydrogen (secondary N) is 1. The van der Waals surface area contributed by atoms with Gasteiger partial charge in [0.25, 0.3) is 0 Å². The predicted molar refractivity (Wildman–Crippen MR) is 80.0 cm³/mol. The maximum atomic E-state index is 12.5. The lowest BCUT2D eigenvalue weighted by Crippen LogP contribution is -2.62. The average Bonchev–Trinajstić information content (AvgIpc) is 2.46. The van der Waals surface area contributed by atoms with Crippen LogP contribution in [-0.4, -0.2) is 32.2 Å². The topological polar surface area (TPSA) is 94.3 Å². The van der Waals surface area contributed by atoms with E-state index in [0.29, 0.717) is 18.7 Å². The lowest BCUT2D eigenvalue weighted by Gasteiger charge is -2.51. The highest BCUT2D eigenvalue weighted by Crippen LogP contribution is 2.43. The molecular weight excluding hydrogens is 290 g/mol. The average molecular weight is 313 g/mol. The predicted octanol–water partition coefficient (Wildman–Crippen LogP) is 1.02. The second-order valence-electron chi connectivity index (χ2n) is 5.83. The van der Waals surface area contributed by atoms with Crippen molar-refractivity contribution in [1.29, 1.82) is 0 Å². The number of ether oxygens (including phenoxy) is 1. The van der Waals surface area contributed by atoms with E-state index >= 15 is 0 Å². The van der Waals surface area contributed by atoms with Gasteiger partial charge < -0.3 is 10.5 Å². The van der Waals surface area contributed by atoms with E-state index in [2.05, 4.69) is 9.71 Å². The molecule has 0 radical (unpaired) electrons. The first kappa shape index (κ1) is 16.4. The number of pyridine rings is 1. The van der Waals surface area contributed by atoms with E-state index in [1.807, 2.05) is 20.8 Å². The Morgan fingerprint density at radius 3 is 2.81 bits per heavy atom. The van der Waals surface area contributed by atoms with Crippen molar-refractivity contribution in [2.45, 2.75) is 50.8 Å². The van der Waals surface area contributed by atoms with Crippen molar-refractivity contribution in [2.75, 3.05) is 6.61 Å². The molecule has 0 aliphatic heterocycles. The molecule has 118 valence electrons. The Morgan fingerprint density at radius 1 is 1.52 bits per heavy atom. The zero-order chi connectivity index (χ0) is 15.7. The van der Waals surface area contributed by atoms with Gasteiger partial charge in [-0.15, -0.1) is 0 Å². The van der Waals surface area contributed by atoms with E-state index < -0.39 is 10.0 Å². The summed E-state index contributed by atoms with van der Waals surface area (Å²) < 4.78 is 33.4. The van der Waals surface area contributed by atoms with Gasteiger partial charge in [0.05, 0.1) is 11.8 Å². The largest absolute Gasteiger partial charge is 0.378 e. The standard InChI is InChI=1S/C14H23N3O3S/c1-4-20-13-8-12(14(13,2)3)17-21(18,19)11-6-5-7-16-10(11)9-15/h5-7,12-13,17H,4,8-9,15H2,1-3H3. The van der Waals surface area contributed by atoms with E-state index in [1.165, 1.54) is 6.07 Å². The monoisotopic (exact) mass is 313 g/mol. The quantitative estimate of drug-likeness (QED) is 0.818. The third kappa shape index (κ3) is 3.11. The summed E-state index contributed by atoms with van der Waals surface area (Å²) in [6.45, 7) is 6.69. The maximum Gasteiger partial charge on any atom is 0.242 e. The van der Waals surface area contributed by atoms with Gasteiger partial charge >= 0.3 is 0 Å². The molecule has 7 heteroatoms. The molecule has 1 saturated carbocycles. The minimum atomic E-state index is -3.62. The molecule has 6 nitrogen and oxygen atoms in total. The molecular formula is C14H23N3O3S. The molecule has 1 fully saturated rings. The van der Waals surface area contributed by atoms with Crippen molar-refractivity contribution in [3.8, 4) is 0 Å². The Kier molecular flexibility index (Phi) is 4.67. The van der Waals surface area contributed by atoms with Crippen molar-refractivity contribution in [3.63, 3.8) is 0 Å². The number of nitrogens with two attached hydrogens (primary N) is 1. The van der Waals surface area contributed by atoms with Crippen molar-refractivity contribution in [1.82, 2.24) is 9.71 Å². The van der Waals surface area contributed by atoms with Gasteiger partial charge in [-0.05, 0) is 25.5 Å². The molecule has 1 aliphatic rings. The molecule has 0 saturated heterocycles. The van der Waals surface area contributed by atoms with Gasteiger partial charge in [0.1, 0.15) is 4.90 Å². The normalized spacial score (nSPS) is 24.6. The first-order chi connectivity index (χ1) is 9.82. The molecule has 1 heterocycles. The third-order valence-electron chi connectivity index (χ3n) is 4.17. The van der Waals surface area contributed by atoms with E-state index in [0.717, 1.165) is 0 Å². The van der Waals surface area contributed by atoms with Gasteiger partial charge in [-0.2, -0.15) is 0 Å². The molecule has 0 spiro atoms. The molecule has 1 aromatic heterocycles. The lowest BCUT2D eigenvalue weighted by molar-refractivity contribution is -0.108. The van der Waals surface area contributed by atoms with Crippen LogP contribution in [0.3, 0.4) is 0 Å². The van der Waals surface area contributed by atoms with E-state index in [1.54, 1.807) is 12.3 Å². The molecule has 0 aromatic carbocycles. The fraction of sp³-hybridized carbons (Fsp3) is 0.643. The van der Waals surface area contributed by atoms with Gasteiger partial charge in [-0.25, -0.2) is 13.1 Å². The molecule has 1 aliphatic carbocycles. The van der Waals surface area contributed by atoms with Crippen LogP contribution in [-0.2, 0) is 21.3 Å². The third-order valence-corrected chi connectivity index (χ3v) is 5.72. The Balaban J connectivity index is 2.16. The smallest absolute Gasteiger partial charge is 0.242 e. The molecule has 0 amide bonds. The van der Waals surface area contributed by atoms with Gasteiger partial charge in [0.15, 0.2) is 0 Å². The lowest BCUT2D eigenvalue weighted by atomic mass is 9.65. The Hall–Kier alpha value is -1.02. The number of nitrogens with zero attached hydrogens (tertiary/aromatic N) is 1. The summed E-state index contributed by atoms with van der Waals surface area (Å²) in [5.41, 5.74) is 5.72. The summed E-state index contributed by atoms with van der Waals surface area (Å²) >= 11 is 0. The van der Waals surface area contributed by atoms with E-state index in [-0.39, 0.29) is 29.0 Å². The molecule has 3 N–H and O–H groups in total. The highest BCUT2D eigenvalue weighted by atomic mass is 32.2. The number of sulfonamides is 1. The Labute approximate surface area is 126 Å². The molecule has 1 aromatic rings. The summed E-state index contributed by atoms with van der Waals surface area (Å²) in [5.74, 6) is 0. The SMILES string of the molecule is CCOC1CC(NS(=O)(=O)c2cccnc2CN)C1(C)C. The minimum Gasteiger partial charge on any atom is -0.378 e. The van der Waals surface area contributed by atoms with Crippen LogP contribution in [0.4, 0.5) is 0 Å². The number of rotatable bonds is 6. The van der Waals surface area contributed by atoms with E-state index in [9.17, 15) is 8.42 Å². The molecule has 21 heavy (non-hydrogen) atoms. The highest BCUT2D eigenvalue weighted by Gasteiger charge is 2.50. The molecule has 0 bridgehead atoms. The first-order valence-corrected chi connectivity index (χ1v) is 8.59. The van der Waals surface area contributed by atoms with Crippen LogP contribution in [0.2, 0.25) is 0 Å². The van der Waals surface area contributed by atoms with Crippen LogP contribution in [0.15, 0.2) is 23.2 Å². The van der Waals surface area contributed by atoms with Crippen LogP contribution in [0.25, 0.3) is 0 Å². The minimum absolute atomic E-state index is 0.0816. The zero-order valence-corrected chi connectivity index (χ0v) is 13.5. The summed E-state index contributed by atoms with van der Waals surface area (Å²) in [7, 11) is -3.62. The van der Waals surface area contributed by atoms with Crippen molar-refractivity contribution in [3.05, 3.63) is 24.0 Å². The second-order valence-corrected chi connectivity index (χ2v) is 7.51. The first-order valence-electron chi connectivity index (χ1n) is 7.10. The Morgan fingerprint density at radius 2 is 2.24 bits per heavy atom. The fourth-order valence-corrected chi connectivity index (χ4v) is 4.25. The van der Waals surface area contributed by atoms with E-state index in [4.69, 9.17) is 10.5 Å². The van der Waals surface area contributed by atoms with Crippen LogP contribution in [0.5, 0.6) is 0 Å². The van der Waals surface area contributed by atoms with Crippen LogP contribution >= 0.6 is 0 Å². The van der Waals surface area contributed by atoms with Gasteiger partial charge in [0.2, 0.25) is 10.0 Å². The fourth-order valence-electron chi connectivity index (χ4n) is 2.64. The Bertz CT molecular complexity index is 601. The maximum absolute atomic E-state index is 12.5. The number of aromatic nitrogens is 1.